The van der Waals surface area contributed by atoms with Crippen molar-refractivity contribution in [3.8, 4) is 0 Å². The second-order valence-electron chi connectivity index (χ2n) is 5.65. The maximum Gasteiger partial charge on any atom is 0.253 e. The Balaban J connectivity index is 1.84. The van der Waals surface area contributed by atoms with Crippen LogP contribution >= 0.6 is 11.6 Å². The summed E-state index contributed by atoms with van der Waals surface area (Å²) in [6.07, 6.45) is 6.91. The Labute approximate surface area is 123 Å². The minimum absolute atomic E-state index is 0.0180. The second-order valence-corrected chi connectivity index (χ2v) is 6.06. The van der Waals surface area contributed by atoms with Gasteiger partial charge in [-0.15, -0.1) is 0 Å². The van der Waals surface area contributed by atoms with Gasteiger partial charge in [0, 0.05) is 25.2 Å². The zero-order chi connectivity index (χ0) is 14.1. The molecule has 1 saturated carbocycles. The van der Waals surface area contributed by atoms with E-state index in [2.05, 4.69) is 5.32 Å². The minimum Gasteiger partial charge on any atom is -0.352 e. The molecule has 1 aliphatic carbocycles. The molecule has 0 radical (unpaired) electrons. The van der Waals surface area contributed by atoms with Crippen LogP contribution in [0.2, 0.25) is 5.02 Å². The number of amides is 1. The van der Waals surface area contributed by atoms with Gasteiger partial charge in [0.2, 0.25) is 0 Å². The van der Waals surface area contributed by atoms with E-state index in [9.17, 15) is 4.79 Å². The van der Waals surface area contributed by atoms with Crippen molar-refractivity contribution in [2.75, 3.05) is 6.54 Å². The number of carbonyl (C=O) groups excluding carboxylic acids is 1. The van der Waals surface area contributed by atoms with E-state index in [4.69, 9.17) is 11.6 Å². The summed E-state index contributed by atoms with van der Waals surface area (Å²) in [6.45, 7) is 0.777. The van der Waals surface area contributed by atoms with Gasteiger partial charge >= 0.3 is 0 Å². The molecule has 0 bridgehead atoms. The van der Waals surface area contributed by atoms with Crippen molar-refractivity contribution < 1.29 is 4.79 Å². The van der Waals surface area contributed by atoms with Crippen molar-refractivity contribution in [1.82, 2.24) is 9.88 Å². The van der Waals surface area contributed by atoms with E-state index in [1.165, 1.54) is 25.7 Å². The Bertz CT molecular complexity index is 641. The quantitative estimate of drug-likeness (QED) is 0.918. The van der Waals surface area contributed by atoms with Gasteiger partial charge < -0.3 is 9.88 Å². The smallest absolute Gasteiger partial charge is 0.253 e. The van der Waals surface area contributed by atoms with Crippen LogP contribution in [0.3, 0.4) is 0 Å². The van der Waals surface area contributed by atoms with E-state index in [1.54, 1.807) is 0 Å². The van der Waals surface area contributed by atoms with Crippen molar-refractivity contribution in [3.63, 3.8) is 0 Å². The fraction of sp³-hybridized carbons (Fsp3) is 0.438. The van der Waals surface area contributed by atoms with Crippen molar-refractivity contribution in [2.45, 2.75) is 25.7 Å². The first-order valence-electron chi connectivity index (χ1n) is 7.18. The van der Waals surface area contributed by atoms with Crippen LogP contribution in [-0.2, 0) is 7.05 Å². The number of nitrogens with zero attached hydrogens (tertiary/aromatic N) is 1. The van der Waals surface area contributed by atoms with Crippen molar-refractivity contribution in [1.29, 1.82) is 0 Å². The lowest BCUT2D eigenvalue weighted by Gasteiger charge is -2.10. The summed E-state index contributed by atoms with van der Waals surface area (Å²) in [5.74, 6) is 0.625. The fourth-order valence-electron chi connectivity index (χ4n) is 3.12. The van der Waals surface area contributed by atoms with E-state index < -0.39 is 0 Å². The molecule has 1 N–H and O–H groups in total. The summed E-state index contributed by atoms with van der Waals surface area (Å²) >= 11 is 6.25. The first kappa shape index (κ1) is 13.5. The summed E-state index contributed by atoms with van der Waals surface area (Å²) in [5.41, 5.74) is 1.66. The standard InChI is InChI=1S/C16H19ClN2O/c1-19-10-12(15-13(17)7-4-8-14(15)19)16(20)18-9-11-5-2-3-6-11/h4,7-8,10-11H,2-3,5-6,9H2,1H3,(H,18,20). The summed E-state index contributed by atoms with van der Waals surface area (Å²) in [7, 11) is 1.94. The zero-order valence-electron chi connectivity index (χ0n) is 11.7. The number of halogens is 1. The van der Waals surface area contributed by atoms with Crippen LogP contribution in [0, 0.1) is 5.92 Å². The molecule has 0 atom stereocenters. The predicted octanol–water partition coefficient (Wildman–Crippen LogP) is 3.75. The number of rotatable bonds is 3. The van der Waals surface area contributed by atoms with Crippen molar-refractivity contribution in [2.24, 2.45) is 13.0 Å². The molecular formula is C16H19ClN2O. The number of aryl methyl sites for hydroxylation is 1. The SMILES string of the molecule is Cn1cc(C(=O)NCC2CCCC2)c2c(Cl)cccc21. The normalized spacial score (nSPS) is 15.9. The zero-order valence-corrected chi connectivity index (χ0v) is 12.4. The molecule has 1 heterocycles. The maximum atomic E-state index is 12.4. The Morgan fingerprint density at radius 2 is 2.15 bits per heavy atom. The number of carbonyl (C=O) groups is 1. The molecule has 20 heavy (non-hydrogen) atoms. The molecule has 1 aliphatic rings. The second kappa shape index (κ2) is 5.49. The highest BCUT2D eigenvalue weighted by Crippen LogP contribution is 2.28. The Hall–Kier alpha value is -1.48. The van der Waals surface area contributed by atoms with Crippen LogP contribution < -0.4 is 5.32 Å². The monoisotopic (exact) mass is 290 g/mol. The van der Waals surface area contributed by atoms with Gasteiger partial charge in [-0.25, -0.2) is 0 Å². The van der Waals surface area contributed by atoms with E-state index in [0.29, 0.717) is 16.5 Å². The van der Waals surface area contributed by atoms with Gasteiger partial charge in [0.1, 0.15) is 0 Å². The first-order chi connectivity index (χ1) is 9.66. The molecule has 106 valence electrons. The Kier molecular flexibility index (Phi) is 3.70. The molecule has 4 heteroatoms. The van der Waals surface area contributed by atoms with Crippen LogP contribution in [-0.4, -0.2) is 17.0 Å². The molecule has 1 aromatic heterocycles. The van der Waals surface area contributed by atoms with E-state index in [-0.39, 0.29) is 5.91 Å². The Morgan fingerprint density at radius 1 is 1.40 bits per heavy atom. The molecule has 1 amide bonds. The molecule has 1 aromatic carbocycles. The van der Waals surface area contributed by atoms with Gasteiger partial charge in [-0.1, -0.05) is 30.5 Å². The first-order valence-corrected chi connectivity index (χ1v) is 7.56. The lowest BCUT2D eigenvalue weighted by atomic mass is 10.1. The number of aromatic nitrogens is 1. The molecule has 0 aliphatic heterocycles. The van der Waals surface area contributed by atoms with Gasteiger partial charge in [-0.3, -0.25) is 4.79 Å². The van der Waals surface area contributed by atoms with Gasteiger partial charge in [0.05, 0.1) is 16.1 Å². The molecule has 0 saturated heterocycles. The van der Waals surface area contributed by atoms with Crippen molar-refractivity contribution >= 4 is 28.4 Å². The summed E-state index contributed by atoms with van der Waals surface area (Å²) in [4.78, 5) is 12.4. The third-order valence-electron chi connectivity index (χ3n) is 4.23. The lowest BCUT2D eigenvalue weighted by molar-refractivity contribution is 0.0949. The Morgan fingerprint density at radius 3 is 2.90 bits per heavy atom. The molecule has 3 rings (SSSR count). The van der Waals surface area contributed by atoms with Gasteiger partial charge in [0.15, 0.2) is 0 Å². The fourth-order valence-corrected chi connectivity index (χ4v) is 3.39. The third-order valence-corrected chi connectivity index (χ3v) is 4.55. The highest BCUT2D eigenvalue weighted by Gasteiger charge is 2.19. The number of hydrogen-bond donors (Lipinski definition) is 1. The van der Waals surface area contributed by atoms with Crippen LogP contribution in [0.1, 0.15) is 36.0 Å². The third kappa shape index (κ3) is 2.42. The van der Waals surface area contributed by atoms with Crippen LogP contribution in [0.15, 0.2) is 24.4 Å². The molecule has 0 unspecified atom stereocenters. The van der Waals surface area contributed by atoms with Crippen LogP contribution in [0.4, 0.5) is 0 Å². The molecular weight excluding hydrogens is 272 g/mol. The van der Waals surface area contributed by atoms with Crippen LogP contribution in [0.25, 0.3) is 10.9 Å². The summed E-state index contributed by atoms with van der Waals surface area (Å²) < 4.78 is 1.95. The molecule has 1 fully saturated rings. The van der Waals surface area contributed by atoms with Gasteiger partial charge in [-0.2, -0.15) is 0 Å². The molecule has 3 nitrogen and oxygen atoms in total. The molecule has 0 spiro atoms. The lowest BCUT2D eigenvalue weighted by Crippen LogP contribution is -2.28. The van der Waals surface area contributed by atoms with Crippen molar-refractivity contribution in [3.05, 3.63) is 35.0 Å². The average Bonchev–Trinajstić information content (AvgIpc) is 3.05. The summed E-state index contributed by atoms with van der Waals surface area (Å²) in [6, 6.07) is 5.72. The molecule has 2 aromatic rings. The minimum atomic E-state index is -0.0180. The van der Waals surface area contributed by atoms with Gasteiger partial charge in [0.25, 0.3) is 5.91 Å². The highest BCUT2D eigenvalue weighted by atomic mass is 35.5. The number of hydrogen-bond acceptors (Lipinski definition) is 1. The van der Waals surface area contributed by atoms with E-state index >= 15 is 0 Å². The van der Waals surface area contributed by atoms with Gasteiger partial charge in [-0.05, 0) is 30.9 Å². The largest absolute Gasteiger partial charge is 0.352 e. The maximum absolute atomic E-state index is 12.4. The van der Waals surface area contributed by atoms with E-state index in [0.717, 1.165) is 17.4 Å². The number of fused-ring (bicyclic) bond motifs is 1. The number of benzene rings is 1. The van der Waals surface area contributed by atoms with E-state index in [1.807, 2.05) is 36.0 Å². The average molecular weight is 291 g/mol. The highest BCUT2D eigenvalue weighted by molar-refractivity contribution is 6.36. The topological polar surface area (TPSA) is 34.0 Å². The predicted molar refractivity (Wildman–Crippen MR) is 82.2 cm³/mol. The number of nitrogens with one attached hydrogen (secondary N) is 1. The summed E-state index contributed by atoms with van der Waals surface area (Å²) in [5, 5.41) is 4.54. The van der Waals surface area contributed by atoms with Crippen LogP contribution in [0.5, 0.6) is 0 Å².